The smallest absolute Gasteiger partial charge is 0.160 e. The molecule has 12 aromatic rings. The van der Waals surface area contributed by atoms with Crippen LogP contribution in [0.2, 0.25) is 0 Å². The van der Waals surface area contributed by atoms with E-state index >= 15 is 0 Å². The molecule has 0 N–H and O–H groups in total. The van der Waals surface area contributed by atoms with Crippen LogP contribution in [0.5, 0.6) is 0 Å². The maximum absolute atomic E-state index is 7.32. The fourth-order valence-electron chi connectivity index (χ4n) is 12.6. The molecule has 0 atom stereocenters. The Bertz CT molecular complexity index is 4070. The van der Waals surface area contributed by atoms with Gasteiger partial charge in [0.2, 0.25) is 0 Å². The molecule has 320 valence electrons. The van der Waals surface area contributed by atoms with Crippen molar-refractivity contribution in [1.29, 1.82) is 0 Å². The molecule has 0 amide bonds. The molecule has 4 heteroatoms. The predicted molar refractivity (Wildman–Crippen MR) is 282 cm³/mol. The summed E-state index contributed by atoms with van der Waals surface area (Å²) in [5.74, 6) is 0. The lowest BCUT2D eigenvalue weighted by Crippen LogP contribution is -2.32. The third-order valence-electron chi connectivity index (χ3n) is 15.4. The first-order valence-electron chi connectivity index (χ1n) is 23.6. The number of furan rings is 1. The minimum Gasteiger partial charge on any atom is -0.454 e. The monoisotopic (exact) mass is 886 g/mol. The van der Waals surface area contributed by atoms with Crippen molar-refractivity contribution in [3.63, 3.8) is 0 Å². The maximum atomic E-state index is 7.32. The Labute approximate surface area is 398 Å². The molecule has 0 unspecified atom stereocenters. The van der Waals surface area contributed by atoms with Crippen molar-refractivity contribution in [3.8, 4) is 27.9 Å². The van der Waals surface area contributed by atoms with E-state index in [0.29, 0.717) is 0 Å². The van der Waals surface area contributed by atoms with Crippen LogP contribution in [0.15, 0.2) is 233 Å². The molecule has 2 aliphatic carbocycles. The van der Waals surface area contributed by atoms with E-state index < -0.39 is 5.41 Å². The first-order chi connectivity index (χ1) is 33.5. The van der Waals surface area contributed by atoms with Gasteiger partial charge in [-0.05, 0) is 128 Å². The lowest BCUT2D eigenvalue weighted by molar-refractivity contribution is 0.660. The first kappa shape index (κ1) is 38.1. The van der Waals surface area contributed by atoms with E-state index in [1.807, 2.05) is 11.8 Å². The summed E-state index contributed by atoms with van der Waals surface area (Å²) in [6, 6.07) is 81.2. The SMILES string of the molecule is CC1(C)c2ccccc2-c2ccc(N(c3ccc4c(c3)c3ccccc3n4-c3ccccc3)c3cc4c(c5c3oc3ccccc35)-c3ccccc3C43c4ccccc4Sc4ccccc43)cc21. The highest BCUT2D eigenvalue weighted by molar-refractivity contribution is 7.99. The van der Waals surface area contributed by atoms with Crippen LogP contribution >= 0.6 is 11.8 Å². The highest BCUT2D eigenvalue weighted by atomic mass is 32.2. The van der Waals surface area contributed by atoms with Crippen LogP contribution in [0.25, 0.3) is 71.7 Å². The number of fused-ring (bicyclic) bond motifs is 19. The van der Waals surface area contributed by atoms with E-state index in [1.165, 1.54) is 81.7 Å². The van der Waals surface area contributed by atoms with Crippen LogP contribution in [0, 0.1) is 0 Å². The molecule has 3 heterocycles. The zero-order valence-electron chi connectivity index (χ0n) is 37.5. The van der Waals surface area contributed by atoms with Gasteiger partial charge in [0.25, 0.3) is 0 Å². The minimum absolute atomic E-state index is 0.202. The number of rotatable bonds is 4. The molecule has 0 saturated carbocycles. The number of anilines is 3. The molecule has 3 nitrogen and oxygen atoms in total. The van der Waals surface area contributed by atoms with Crippen LogP contribution < -0.4 is 4.90 Å². The van der Waals surface area contributed by atoms with Gasteiger partial charge in [-0.3, -0.25) is 0 Å². The molecule has 2 aromatic heterocycles. The average Bonchev–Trinajstić information content (AvgIpc) is 4.09. The summed E-state index contributed by atoms with van der Waals surface area (Å²) < 4.78 is 9.72. The summed E-state index contributed by atoms with van der Waals surface area (Å²) in [6.07, 6.45) is 0. The van der Waals surface area contributed by atoms with Crippen molar-refractivity contribution >= 4 is 72.6 Å². The van der Waals surface area contributed by atoms with Gasteiger partial charge in [0.15, 0.2) is 5.58 Å². The molecular formula is C64H42N2OS. The number of nitrogens with zero attached hydrogens (tertiary/aromatic N) is 2. The molecule has 15 rings (SSSR count). The van der Waals surface area contributed by atoms with Crippen molar-refractivity contribution in [1.82, 2.24) is 4.57 Å². The lowest BCUT2D eigenvalue weighted by atomic mass is 9.67. The van der Waals surface area contributed by atoms with Crippen LogP contribution in [-0.4, -0.2) is 4.57 Å². The highest BCUT2D eigenvalue weighted by Crippen LogP contribution is 2.65. The van der Waals surface area contributed by atoms with Crippen molar-refractivity contribution in [3.05, 3.63) is 252 Å². The molecule has 0 bridgehead atoms. The zero-order valence-corrected chi connectivity index (χ0v) is 38.3. The van der Waals surface area contributed by atoms with Gasteiger partial charge >= 0.3 is 0 Å². The van der Waals surface area contributed by atoms with Crippen molar-refractivity contribution in [2.45, 2.75) is 34.5 Å². The number of aromatic nitrogens is 1. The number of hydrogen-bond acceptors (Lipinski definition) is 3. The van der Waals surface area contributed by atoms with E-state index in [1.54, 1.807) is 0 Å². The minimum atomic E-state index is -0.591. The molecule has 1 spiro atoms. The largest absolute Gasteiger partial charge is 0.454 e. The second kappa shape index (κ2) is 13.8. The van der Waals surface area contributed by atoms with E-state index in [2.05, 4.69) is 242 Å². The van der Waals surface area contributed by atoms with Crippen molar-refractivity contribution in [2.75, 3.05) is 4.90 Å². The molecule has 1 aliphatic heterocycles. The van der Waals surface area contributed by atoms with Gasteiger partial charge in [-0.15, -0.1) is 0 Å². The van der Waals surface area contributed by atoms with Crippen LogP contribution in [0.1, 0.15) is 47.2 Å². The van der Waals surface area contributed by atoms with Gasteiger partial charge in [0, 0.05) is 53.8 Å². The Kier molecular flexibility index (Phi) is 7.71. The van der Waals surface area contributed by atoms with Gasteiger partial charge in [-0.25, -0.2) is 0 Å². The fraction of sp³-hybridized carbons (Fsp3) is 0.0625. The average molecular weight is 887 g/mol. The molecule has 0 fully saturated rings. The number of para-hydroxylation sites is 3. The molecule has 0 radical (unpaired) electrons. The summed E-state index contributed by atoms with van der Waals surface area (Å²) in [7, 11) is 0. The summed E-state index contributed by atoms with van der Waals surface area (Å²) in [5.41, 5.74) is 20.6. The summed E-state index contributed by atoms with van der Waals surface area (Å²) >= 11 is 1.88. The molecule has 10 aromatic carbocycles. The number of benzene rings is 10. The molecule has 0 saturated heterocycles. The quantitative estimate of drug-likeness (QED) is 0.176. The first-order valence-corrected chi connectivity index (χ1v) is 24.4. The highest BCUT2D eigenvalue weighted by Gasteiger charge is 2.51. The normalized spacial score (nSPS) is 14.5. The summed E-state index contributed by atoms with van der Waals surface area (Å²) in [5, 5.41) is 4.67. The van der Waals surface area contributed by atoms with Gasteiger partial charge in [-0.1, -0.05) is 171 Å². The van der Waals surface area contributed by atoms with Crippen LogP contribution in [0.4, 0.5) is 17.1 Å². The zero-order chi connectivity index (χ0) is 44.9. The lowest BCUT2D eigenvalue weighted by Gasteiger charge is -2.40. The van der Waals surface area contributed by atoms with Gasteiger partial charge in [0.1, 0.15) is 5.58 Å². The molecular weight excluding hydrogens is 845 g/mol. The predicted octanol–water partition coefficient (Wildman–Crippen LogP) is 17.3. The Balaban J connectivity index is 1.09. The van der Waals surface area contributed by atoms with Crippen LogP contribution in [-0.2, 0) is 10.8 Å². The second-order valence-electron chi connectivity index (χ2n) is 19.1. The Morgan fingerprint density at radius 1 is 0.441 bits per heavy atom. The molecule has 68 heavy (non-hydrogen) atoms. The fourth-order valence-corrected chi connectivity index (χ4v) is 13.8. The standard InChI is InChI=1S/C64H42N2OS/c1-63(2)48-24-10-6-20-42(48)43-34-32-41(37-52(43)63)65(40-33-35-55-47(36-40)44-21-8-14-28-54(44)66(55)39-18-4-3-5-19-39)56-38-53-60(61-46-23-9-15-29-57(46)67-62(56)61)45-22-7-11-25-49(45)64(53)50-26-12-16-30-58(50)68-59-31-17-13-27-51(59)64/h3-38H,1-2H3. The topological polar surface area (TPSA) is 21.3 Å². The van der Waals surface area contributed by atoms with Gasteiger partial charge in [-0.2, -0.15) is 0 Å². The third-order valence-corrected chi connectivity index (χ3v) is 16.6. The van der Waals surface area contributed by atoms with Gasteiger partial charge in [0.05, 0.1) is 22.1 Å². The summed E-state index contributed by atoms with van der Waals surface area (Å²) in [4.78, 5) is 5.07. The van der Waals surface area contributed by atoms with E-state index in [9.17, 15) is 0 Å². The van der Waals surface area contributed by atoms with Crippen molar-refractivity contribution in [2.24, 2.45) is 0 Å². The third kappa shape index (κ3) is 4.89. The molecule has 3 aliphatic rings. The second-order valence-corrected chi connectivity index (χ2v) is 20.2. The van der Waals surface area contributed by atoms with Crippen molar-refractivity contribution < 1.29 is 4.42 Å². The number of hydrogen-bond donors (Lipinski definition) is 0. The van der Waals surface area contributed by atoms with Crippen LogP contribution in [0.3, 0.4) is 0 Å². The van der Waals surface area contributed by atoms with E-state index in [-0.39, 0.29) is 5.41 Å². The Hall–Kier alpha value is -8.05. The maximum Gasteiger partial charge on any atom is 0.160 e. The van der Waals surface area contributed by atoms with E-state index in [0.717, 1.165) is 50.2 Å². The van der Waals surface area contributed by atoms with E-state index in [4.69, 9.17) is 4.42 Å². The Morgan fingerprint density at radius 2 is 1.03 bits per heavy atom. The van der Waals surface area contributed by atoms with Gasteiger partial charge < -0.3 is 13.9 Å². The Morgan fingerprint density at radius 3 is 1.82 bits per heavy atom. The summed E-state index contributed by atoms with van der Waals surface area (Å²) in [6.45, 7) is 4.75.